The molecule has 0 bridgehead atoms. The minimum absolute atomic E-state index is 0.153. The summed E-state index contributed by atoms with van der Waals surface area (Å²) in [7, 11) is -1.65. The average molecular weight is 380 g/mol. The molecule has 1 aliphatic rings. The van der Waals surface area contributed by atoms with Gasteiger partial charge in [-0.1, -0.05) is 32.9 Å². The monoisotopic (exact) mass is 379 g/mol. The quantitative estimate of drug-likeness (QED) is 0.410. The molecule has 1 aliphatic heterocycles. The van der Waals surface area contributed by atoms with Crippen LogP contribution in [0.4, 0.5) is 5.69 Å². The van der Waals surface area contributed by atoms with E-state index in [0.717, 1.165) is 51.4 Å². The number of nitro benzene ring substituents is 1. The lowest BCUT2D eigenvalue weighted by Gasteiger charge is -2.38. The Labute approximate surface area is 158 Å². The van der Waals surface area contributed by atoms with Crippen LogP contribution in [-0.2, 0) is 11.0 Å². The second kappa shape index (κ2) is 8.60. The molecule has 0 amide bonds. The van der Waals surface area contributed by atoms with Crippen molar-refractivity contribution >= 4 is 14.0 Å². The van der Waals surface area contributed by atoms with Crippen LogP contribution in [0.1, 0.15) is 26.3 Å². The van der Waals surface area contributed by atoms with E-state index in [1.807, 2.05) is 12.1 Å². The molecule has 0 N–H and O–H groups in total. The zero-order valence-electron chi connectivity index (χ0n) is 16.8. The van der Waals surface area contributed by atoms with Gasteiger partial charge in [0.2, 0.25) is 0 Å². The van der Waals surface area contributed by atoms with Gasteiger partial charge < -0.3 is 4.43 Å². The third-order valence-electron chi connectivity index (χ3n) is 5.69. The fraction of sp³-hybridized carbons (Fsp3) is 0.684. The Morgan fingerprint density at radius 2 is 1.62 bits per heavy atom. The summed E-state index contributed by atoms with van der Waals surface area (Å²) in [6.07, 6.45) is 0. The highest BCUT2D eigenvalue weighted by molar-refractivity contribution is 6.74. The molecule has 1 aromatic rings. The van der Waals surface area contributed by atoms with E-state index in [1.165, 1.54) is 0 Å². The number of nitrogens with zero attached hydrogens (tertiary/aromatic N) is 3. The average Bonchev–Trinajstić information content (AvgIpc) is 2.56. The number of nitro groups is 1. The second-order valence-electron chi connectivity index (χ2n) is 8.65. The number of rotatable bonds is 7. The first-order chi connectivity index (χ1) is 12.1. The molecule has 0 atom stereocenters. The molecule has 1 aromatic carbocycles. The van der Waals surface area contributed by atoms with E-state index >= 15 is 0 Å². The Morgan fingerprint density at radius 1 is 1.08 bits per heavy atom. The zero-order valence-corrected chi connectivity index (χ0v) is 17.8. The third kappa shape index (κ3) is 5.87. The van der Waals surface area contributed by atoms with Crippen molar-refractivity contribution in [2.24, 2.45) is 0 Å². The summed E-state index contributed by atoms with van der Waals surface area (Å²) in [5.41, 5.74) is 1.28. The molecule has 2 rings (SSSR count). The summed E-state index contributed by atoms with van der Waals surface area (Å²) in [6.45, 7) is 18.2. The molecule has 0 unspecified atom stereocenters. The van der Waals surface area contributed by atoms with Gasteiger partial charge in [0.05, 0.1) is 4.92 Å². The molecule has 0 saturated carbocycles. The van der Waals surface area contributed by atoms with Gasteiger partial charge >= 0.3 is 0 Å². The number of hydrogen-bond donors (Lipinski definition) is 0. The molecular formula is C19H33N3O3Si. The lowest BCUT2D eigenvalue weighted by atomic mass is 10.2. The fourth-order valence-corrected chi connectivity index (χ4v) is 3.83. The van der Waals surface area contributed by atoms with Gasteiger partial charge in [0.25, 0.3) is 5.69 Å². The van der Waals surface area contributed by atoms with E-state index < -0.39 is 8.32 Å². The first kappa shape index (κ1) is 21.0. The Kier molecular flexibility index (Phi) is 6.96. The van der Waals surface area contributed by atoms with Crippen LogP contribution in [0.15, 0.2) is 24.3 Å². The predicted octanol–water partition coefficient (Wildman–Crippen LogP) is 3.73. The largest absolute Gasteiger partial charge is 0.416 e. The Morgan fingerprint density at radius 3 is 2.12 bits per heavy atom. The highest BCUT2D eigenvalue weighted by Gasteiger charge is 2.37. The van der Waals surface area contributed by atoms with Gasteiger partial charge in [-0.2, -0.15) is 0 Å². The molecule has 6 nitrogen and oxygen atoms in total. The Balaban J connectivity index is 1.71. The normalized spacial score (nSPS) is 17.4. The van der Waals surface area contributed by atoms with Crippen molar-refractivity contribution in [1.82, 2.24) is 9.80 Å². The van der Waals surface area contributed by atoms with Gasteiger partial charge in [0.15, 0.2) is 8.32 Å². The summed E-state index contributed by atoms with van der Waals surface area (Å²) in [5, 5.41) is 11.0. The van der Waals surface area contributed by atoms with Gasteiger partial charge in [-0.25, -0.2) is 0 Å². The molecule has 1 fully saturated rings. The third-order valence-corrected chi connectivity index (χ3v) is 10.2. The van der Waals surface area contributed by atoms with Gasteiger partial charge in [0, 0.05) is 58.0 Å². The van der Waals surface area contributed by atoms with Crippen molar-refractivity contribution in [2.45, 2.75) is 45.4 Å². The summed E-state index contributed by atoms with van der Waals surface area (Å²) in [6, 6.07) is 6.89. The molecule has 1 heterocycles. The van der Waals surface area contributed by atoms with Crippen molar-refractivity contribution in [1.29, 1.82) is 0 Å². The van der Waals surface area contributed by atoms with Crippen molar-refractivity contribution in [3.63, 3.8) is 0 Å². The standard InChI is InChI=1S/C19H33N3O3Si/c1-19(2,3)26(4,5)25-15-14-20-10-12-21(13-11-20)16-17-6-8-18(9-7-17)22(23)24/h6-9H,10-16H2,1-5H3. The van der Waals surface area contributed by atoms with Crippen molar-refractivity contribution in [2.75, 3.05) is 39.3 Å². The van der Waals surface area contributed by atoms with Crippen LogP contribution in [0.25, 0.3) is 0 Å². The maximum absolute atomic E-state index is 10.7. The van der Waals surface area contributed by atoms with E-state index in [-0.39, 0.29) is 15.6 Å². The minimum atomic E-state index is -1.65. The van der Waals surface area contributed by atoms with Crippen molar-refractivity contribution in [3.05, 3.63) is 39.9 Å². The SMILES string of the molecule is CC(C)(C)[Si](C)(C)OCCN1CCN(Cc2ccc([N+](=O)[O-])cc2)CC1. The van der Waals surface area contributed by atoms with Crippen LogP contribution < -0.4 is 0 Å². The molecule has 0 aliphatic carbocycles. The van der Waals surface area contributed by atoms with E-state index in [0.29, 0.717) is 0 Å². The second-order valence-corrected chi connectivity index (χ2v) is 13.5. The highest BCUT2D eigenvalue weighted by Crippen LogP contribution is 2.36. The van der Waals surface area contributed by atoms with Crippen LogP contribution >= 0.6 is 0 Å². The number of benzene rings is 1. The predicted molar refractivity (Wildman–Crippen MR) is 108 cm³/mol. The Hall–Kier alpha value is -1.28. The summed E-state index contributed by atoms with van der Waals surface area (Å²) < 4.78 is 6.28. The highest BCUT2D eigenvalue weighted by atomic mass is 28.4. The molecule has 0 aromatic heterocycles. The molecule has 7 heteroatoms. The van der Waals surface area contributed by atoms with Crippen molar-refractivity contribution < 1.29 is 9.35 Å². The molecule has 26 heavy (non-hydrogen) atoms. The smallest absolute Gasteiger partial charge is 0.269 e. The fourth-order valence-electron chi connectivity index (χ4n) is 2.80. The van der Waals surface area contributed by atoms with Crippen LogP contribution in [0.3, 0.4) is 0 Å². The minimum Gasteiger partial charge on any atom is -0.416 e. The summed E-state index contributed by atoms with van der Waals surface area (Å²) >= 11 is 0. The first-order valence-electron chi connectivity index (χ1n) is 9.40. The molecule has 1 saturated heterocycles. The maximum Gasteiger partial charge on any atom is 0.269 e. The van der Waals surface area contributed by atoms with Gasteiger partial charge in [-0.3, -0.25) is 19.9 Å². The lowest BCUT2D eigenvalue weighted by Crippen LogP contribution is -2.48. The summed E-state index contributed by atoms with van der Waals surface area (Å²) in [5.74, 6) is 0. The van der Waals surface area contributed by atoms with Gasteiger partial charge in [-0.15, -0.1) is 0 Å². The van der Waals surface area contributed by atoms with Crippen LogP contribution in [0.5, 0.6) is 0 Å². The molecule has 0 spiro atoms. The maximum atomic E-state index is 10.7. The molecule has 146 valence electrons. The van der Waals surface area contributed by atoms with Gasteiger partial charge in [0.1, 0.15) is 0 Å². The number of piperazine rings is 1. The molecular weight excluding hydrogens is 346 g/mol. The topological polar surface area (TPSA) is 58.8 Å². The van der Waals surface area contributed by atoms with Crippen LogP contribution in [0, 0.1) is 10.1 Å². The van der Waals surface area contributed by atoms with E-state index in [1.54, 1.807) is 12.1 Å². The van der Waals surface area contributed by atoms with Gasteiger partial charge in [-0.05, 0) is 23.7 Å². The van der Waals surface area contributed by atoms with Crippen LogP contribution in [-0.4, -0.2) is 62.4 Å². The lowest BCUT2D eigenvalue weighted by molar-refractivity contribution is -0.384. The van der Waals surface area contributed by atoms with E-state index in [2.05, 4.69) is 43.7 Å². The van der Waals surface area contributed by atoms with Crippen LogP contribution in [0.2, 0.25) is 18.1 Å². The first-order valence-corrected chi connectivity index (χ1v) is 12.3. The van der Waals surface area contributed by atoms with Crippen molar-refractivity contribution in [3.8, 4) is 0 Å². The number of non-ortho nitro benzene ring substituents is 1. The number of hydrogen-bond acceptors (Lipinski definition) is 5. The van der Waals surface area contributed by atoms with E-state index in [9.17, 15) is 10.1 Å². The molecule has 0 radical (unpaired) electrons. The Bertz CT molecular complexity index is 591. The summed E-state index contributed by atoms with van der Waals surface area (Å²) in [4.78, 5) is 15.3. The zero-order chi connectivity index (χ0) is 19.4. The van der Waals surface area contributed by atoms with E-state index in [4.69, 9.17) is 4.43 Å².